The van der Waals surface area contributed by atoms with Gasteiger partial charge in [0.2, 0.25) is 5.17 Å². The van der Waals surface area contributed by atoms with E-state index in [0.717, 1.165) is 48.0 Å². The minimum atomic E-state index is -0.411. The number of aliphatic imine (C=N–C) groups is 1. The van der Waals surface area contributed by atoms with Crippen LogP contribution in [0.1, 0.15) is 29.5 Å². The van der Waals surface area contributed by atoms with Gasteiger partial charge in [0.05, 0.1) is 5.57 Å². The van der Waals surface area contributed by atoms with E-state index >= 15 is 0 Å². The van der Waals surface area contributed by atoms with E-state index < -0.39 is 5.91 Å². The molecule has 8 heteroatoms. The fourth-order valence-electron chi connectivity index (χ4n) is 3.70. The van der Waals surface area contributed by atoms with E-state index in [4.69, 9.17) is 10.1 Å². The van der Waals surface area contributed by atoms with Crippen molar-refractivity contribution in [2.75, 3.05) is 13.1 Å². The van der Waals surface area contributed by atoms with Crippen LogP contribution in [0.3, 0.4) is 0 Å². The molecular formula is C24H23N5O2S. The lowest BCUT2D eigenvalue weighted by atomic mass is 10.1. The number of hydrogen-bond acceptors (Lipinski definition) is 6. The van der Waals surface area contributed by atoms with E-state index in [1.165, 1.54) is 22.3 Å². The first-order valence-electron chi connectivity index (χ1n) is 10.6. The van der Waals surface area contributed by atoms with Crippen molar-refractivity contribution < 1.29 is 9.53 Å². The van der Waals surface area contributed by atoms with Gasteiger partial charge >= 0.3 is 0 Å². The number of amides is 1. The molecule has 1 saturated heterocycles. The number of rotatable bonds is 4. The molecule has 0 atom stereocenters. The first-order valence-corrected chi connectivity index (χ1v) is 11.4. The average Bonchev–Trinajstić information content (AvgIpc) is 3.47. The molecular weight excluding hydrogens is 422 g/mol. The van der Waals surface area contributed by atoms with Crippen molar-refractivity contribution in [2.24, 2.45) is 10.1 Å². The van der Waals surface area contributed by atoms with Crippen molar-refractivity contribution in [1.82, 2.24) is 9.91 Å². The van der Waals surface area contributed by atoms with Crippen LogP contribution in [0.15, 0.2) is 64.2 Å². The van der Waals surface area contributed by atoms with E-state index in [1.54, 1.807) is 6.08 Å². The Morgan fingerprint density at radius 1 is 1.06 bits per heavy atom. The number of fused-ring (bicyclic) bond motifs is 1. The summed E-state index contributed by atoms with van der Waals surface area (Å²) in [5.74, 6) is 0.390. The summed E-state index contributed by atoms with van der Waals surface area (Å²) in [7, 11) is 0. The van der Waals surface area contributed by atoms with Crippen molar-refractivity contribution in [3.05, 3.63) is 70.8 Å². The fourth-order valence-corrected chi connectivity index (χ4v) is 4.64. The number of ether oxygens (including phenoxy) is 1. The molecule has 162 valence electrons. The number of likely N-dealkylation sites (tertiary alicyclic amines) is 1. The SMILES string of the molecule is Cc1ccc(COc2ccc(/C=C3\C(=N)N4N=C(N5CCCC5)SC4=NC3=O)cc2)cc1. The smallest absolute Gasteiger partial charge is 0.283 e. The highest BCUT2D eigenvalue weighted by molar-refractivity contribution is 8.26. The number of carbonyl (C=O) groups is 1. The zero-order chi connectivity index (χ0) is 22.1. The third-order valence-electron chi connectivity index (χ3n) is 5.54. The Morgan fingerprint density at radius 2 is 1.78 bits per heavy atom. The molecule has 3 aliphatic rings. The number of hydrogen-bond donors (Lipinski definition) is 1. The third-order valence-corrected chi connectivity index (χ3v) is 6.51. The second-order valence-corrected chi connectivity index (χ2v) is 8.87. The molecule has 3 heterocycles. The van der Waals surface area contributed by atoms with Gasteiger partial charge in [-0.2, -0.15) is 10.0 Å². The zero-order valence-corrected chi connectivity index (χ0v) is 18.6. The van der Waals surface area contributed by atoms with E-state index in [1.807, 2.05) is 24.3 Å². The normalized spacial score (nSPS) is 19.3. The summed E-state index contributed by atoms with van der Waals surface area (Å²) in [5, 5.41) is 15.8. The number of carbonyl (C=O) groups excluding carboxylic acids is 1. The lowest BCUT2D eigenvalue weighted by Crippen LogP contribution is -2.35. The topological polar surface area (TPSA) is 81.3 Å². The van der Waals surface area contributed by atoms with Gasteiger partial charge in [0.25, 0.3) is 5.91 Å². The van der Waals surface area contributed by atoms with Crippen LogP contribution in [0.2, 0.25) is 0 Å². The summed E-state index contributed by atoms with van der Waals surface area (Å²) in [6.45, 7) is 4.46. The van der Waals surface area contributed by atoms with Gasteiger partial charge in [-0.1, -0.05) is 42.0 Å². The van der Waals surface area contributed by atoms with Gasteiger partial charge in [0.1, 0.15) is 12.4 Å². The summed E-state index contributed by atoms with van der Waals surface area (Å²) in [6, 6.07) is 15.7. The first-order chi connectivity index (χ1) is 15.6. The number of nitrogens with zero attached hydrogens (tertiary/aromatic N) is 4. The van der Waals surface area contributed by atoms with Gasteiger partial charge in [-0.05, 0) is 60.9 Å². The van der Waals surface area contributed by atoms with Crippen LogP contribution in [-0.2, 0) is 11.4 Å². The van der Waals surface area contributed by atoms with Crippen molar-refractivity contribution in [3.8, 4) is 5.75 Å². The Morgan fingerprint density at radius 3 is 2.50 bits per heavy atom. The Hall–Kier alpha value is -3.39. The Kier molecular flexibility index (Phi) is 5.53. The molecule has 0 aromatic heterocycles. The summed E-state index contributed by atoms with van der Waals surface area (Å²) in [4.78, 5) is 19.0. The quantitative estimate of drug-likeness (QED) is 0.712. The molecule has 2 aromatic carbocycles. The van der Waals surface area contributed by atoms with E-state index in [9.17, 15) is 4.79 Å². The van der Waals surface area contributed by atoms with Crippen molar-refractivity contribution in [2.45, 2.75) is 26.4 Å². The number of thioether (sulfide) groups is 1. The molecule has 1 amide bonds. The van der Waals surface area contributed by atoms with E-state index in [2.05, 4.69) is 46.2 Å². The molecule has 0 bridgehead atoms. The maximum atomic E-state index is 12.6. The largest absolute Gasteiger partial charge is 0.489 e. The molecule has 0 saturated carbocycles. The molecule has 0 unspecified atom stereocenters. The highest BCUT2D eigenvalue weighted by atomic mass is 32.2. The molecule has 5 rings (SSSR count). The second-order valence-electron chi connectivity index (χ2n) is 7.94. The first kappa shape index (κ1) is 20.5. The fraction of sp³-hybridized carbons (Fsp3) is 0.250. The molecule has 0 aliphatic carbocycles. The molecule has 0 radical (unpaired) electrons. The number of nitrogens with one attached hydrogen (secondary N) is 1. The number of hydrazone groups is 1. The van der Waals surface area contributed by atoms with Gasteiger partial charge in [0.15, 0.2) is 11.0 Å². The monoisotopic (exact) mass is 445 g/mol. The average molecular weight is 446 g/mol. The summed E-state index contributed by atoms with van der Waals surface area (Å²) in [6.07, 6.45) is 3.96. The van der Waals surface area contributed by atoms with Crippen molar-refractivity contribution in [3.63, 3.8) is 0 Å². The molecule has 2 aromatic rings. The minimum Gasteiger partial charge on any atom is -0.489 e. The maximum Gasteiger partial charge on any atom is 0.283 e. The minimum absolute atomic E-state index is 0.0568. The van der Waals surface area contributed by atoms with Gasteiger partial charge in [0, 0.05) is 13.1 Å². The number of aryl methyl sites for hydroxylation is 1. The van der Waals surface area contributed by atoms with Crippen LogP contribution in [0.5, 0.6) is 5.75 Å². The summed E-state index contributed by atoms with van der Waals surface area (Å²) >= 11 is 1.36. The predicted octanol–water partition coefficient (Wildman–Crippen LogP) is 4.25. The van der Waals surface area contributed by atoms with Gasteiger partial charge in [-0.15, -0.1) is 5.10 Å². The summed E-state index contributed by atoms with van der Waals surface area (Å²) < 4.78 is 5.85. The Labute approximate surface area is 191 Å². The standard InChI is InChI=1S/C24H23N5O2S/c1-16-4-6-18(7-5-16)15-31-19-10-8-17(9-11-19)14-20-21(25)29-23(26-22(20)30)32-24(27-29)28-12-2-3-13-28/h4-11,14,25H,2-3,12-13,15H2,1H3/b20-14+,25-21?. The molecule has 7 nitrogen and oxygen atoms in total. The van der Waals surface area contributed by atoms with Crippen LogP contribution < -0.4 is 4.74 Å². The van der Waals surface area contributed by atoms with E-state index in [0.29, 0.717) is 11.8 Å². The zero-order valence-electron chi connectivity index (χ0n) is 17.7. The molecule has 1 fully saturated rings. The van der Waals surface area contributed by atoms with Crippen LogP contribution in [0.25, 0.3) is 6.08 Å². The van der Waals surface area contributed by atoms with Gasteiger partial charge in [-0.25, -0.2) is 0 Å². The number of benzene rings is 2. The second kappa shape index (κ2) is 8.63. The lowest BCUT2D eigenvalue weighted by molar-refractivity contribution is -0.114. The Bertz CT molecular complexity index is 1150. The van der Waals surface area contributed by atoms with Crippen LogP contribution in [-0.4, -0.2) is 45.1 Å². The van der Waals surface area contributed by atoms with Crippen molar-refractivity contribution >= 4 is 39.9 Å². The highest BCUT2D eigenvalue weighted by Crippen LogP contribution is 2.31. The van der Waals surface area contributed by atoms with Crippen LogP contribution in [0.4, 0.5) is 0 Å². The molecule has 32 heavy (non-hydrogen) atoms. The molecule has 3 aliphatic heterocycles. The van der Waals surface area contributed by atoms with Crippen LogP contribution in [0, 0.1) is 12.3 Å². The van der Waals surface area contributed by atoms with Gasteiger partial charge in [-0.3, -0.25) is 10.2 Å². The highest BCUT2D eigenvalue weighted by Gasteiger charge is 2.37. The maximum absolute atomic E-state index is 12.6. The molecule has 1 N–H and O–H groups in total. The van der Waals surface area contributed by atoms with Crippen LogP contribution >= 0.6 is 11.8 Å². The molecule has 0 spiro atoms. The third kappa shape index (κ3) is 4.18. The van der Waals surface area contributed by atoms with E-state index in [-0.39, 0.29) is 11.4 Å². The predicted molar refractivity (Wildman–Crippen MR) is 128 cm³/mol. The Balaban J connectivity index is 1.28. The summed E-state index contributed by atoms with van der Waals surface area (Å²) in [5.41, 5.74) is 3.36. The lowest BCUT2D eigenvalue weighted by Gasteiger charge is -2.20. The van der Waals surface area contributed by atoms with Crippen molar-refractivity contribution in [1.29, 1.82) is 5.41 Å². The van der Waals surface area contributed by atoms with Gasteiger partial charge < -0.3 is 9.64 Å². The number of amidine groups is 3.